The Kier molecular flexibility index (Phi) is 4.89. The summed E-state index contributed by atoms with van der Waals surface area (Å²) in [5, 5.41) is 9.17. The summed E-state index contributed by atoms with van der Waals surface area (Å²) < 4.78 is 67.8. The highest BCUT2D eigenvalue weighted by molar-refractivity contribution is 7.89. The Balaban J connectivity index is 1.94. The number of amidine groups is 1. The Morgan fingerprint density at radius 3 is 2.39 bits per heavy atom. The normalized spacial score (nSPS) is 15.2. The summed E-state index contributed by atoms with van der Waals surface area (Å²) in [7, 11) is -4.58. The van der Waals surface area contributed by atoms with E-state index in [1.807, 2.05) is 0 Å². The zero-order valence-corrected chi connectivity index (χ0v) is 15.5. The minimum atomic E-state index is -5.07. The lowest BCUT2D eigenvalue weighted by Crippen LogP contribution is -2.44. The van der Waals surface area contributed by atoms with Gasteiger partial charge < -0.3 is 4.74 Å². The molecule has 0 atom stereocenters. The molecule has 1 fully saturated rings. The average Bonchev–Trinajstić information content (AvgIpc) is 2.95. The van der Waals surface area contributed by atoms with Crippen molar-refractivity contribution in [3.8, 4) is 5.75 Å². The molecule has 2 aromatic rings. The van der Waals surface area contributed by atoms with Crippen LogP contribution in [0.3, 0.4) is 0 Å². The minimum Gasteiger partial charge on any atom is -0.404 e. The molecule has 150 valence electrons. The molecular weight excluding hydrogens is 401 g/mol. The predicted octanol–water partition coefficient (Wildman–Crippen LogP) is 1.90. The van der Waals surface area contributed by atoms with Crippen LogP contribution in [0.1, 0.15) is 11.4 Å². The van der Waals surface area contributed by atoms with E-state index in [-0.39, 0.29) is 12.5 Å². The van der Waals surface area contributed by atoms with Gasteiger partial charge >= 0.3 is 6.36 Å². The van der Waals surface area contributed by atoms with Crippen LogP contribution < -0.4 is 15.3 Å². The van der Waals surface area contributed by atoms with Gasteiger partial charge in [-0.1, -0.05) is 12.1 Å². The van der Waals surface area contributed by atoms with Gasteiger partial charge in [0.1, 0.15) is 10.6 Å². The van der Waals surface area contributed by atoms with E-state index in [9.17, 15) is 21.6 Å². The average molecular weight is 416 g/mol. The lowest BCUT2D eigenvalue weighted by Gasteiger charge is -2.21. The number of alkyl halides is 3. The zero-order valence-electron chi connectivity index (χ0n) is 14.6. The fraction of sp³-hybridized carbons (Fsp3) is 0.267. The predicted molar refractivity (Wildman–Crippen MR) is 91.9 cm³/mol. The maximum Gasteiger partial charge on any atom is 0.573 e. The molecule has 0 amide bonds. The largest absolute Gasteiger partial charge is 0.573 e. The molecule has 1 aromatic heterocycles. The summed E-state index contributed by atoms with van der Waals surface area (Å²) in [5.74, 6) is -1.20. The van der Waals surface area contributed by atoms with Gasteiger partial charge in [0, 0.05) is 11.4 Å². The van der Waals surface area contributed by atoms with E-state index in [1.165, 1.54) is 17.1 Å². The van der Waals surface area contributed by atoms with Gasteiger partial charge in [-0.05, 0) is 32.0 Å². The number of hydrogen-bond donors (Lipinski definition) is 2. The third-order valence-corrected chi connectivity index (χ3v) is 5.25. The number of aromatic nitrogens is 2. The fourth-order valence-electron chi connectivity index (χ4n) is 2.53. The number of hydrogen-bond acceptors (Lipinski definition) is 8. The number of aryl methyl sites for hydroxylation is 2. The van der Waals surface area contributed by atoms with Crippen LogP contribution in [0.15, 0.2) is 35.2 Å². The van der Waals surface area contributed by atoms with Crippen molar-refractivity contribution in [1.82, 2.24) is 19.9 Å². The number of para-hydroxylation sites is 1. The van der Waals surface area contributed by atoms with E-state index in [4.69, 9.17) is 5.41 Å². The van der Waals surface area contributed by atoms with Gasteiger partial charge in [0.05, 0.1) is 6.54 Å². The number of sulfonamides is 1. The molecule has 13 heteroatoms. The summed E-state index contributed by atoms with van der Waals surface area (Å²) in [6, 6.07) is 6.01. The molecule has 0 bridgehead atoms. The summed E-state index contributed by atoms with van der Waals surface area (Å²) >= 11 is 0. The molecule has 3 rings (SSSR count). The van der Waals surface area contributed by atoms with Crippen LogP contribution in [-0.4, -0.2) is 41.5 Å². The highest BCUT2D eigenvalue weighted by Gasteiger charge is 2.40. The first-order chi connectivity index (χ1) is 13.0. The van der Waals surface area contributed by atoms with Gasteiger partial charge in [0.15, 0.2) is 5.84 Å². The topological polar surface area (TPSA) is 112 Å². The van der Waals surface area contributed by atoms with Crippen LogP contribution in [0.25, 0.3) is 0 Å². The molecule has 2 heterocycles. The second-order valence-electron chi connectivity index (χ2n) is 5.85. The van der Waals surface area contributed by atoms with E-state index in [0.29, 0.717) is 15.8 Å². The summed E-state index contributed by atoms with van der Waals surface area (Å²) in [6.07, 6.45) is -5.07. The third kappa shape index (κ3) is 3.99. The standard InChI is InChI=1S/C15H15F3N6O3S/c1-9-7-10(2)21-14(20-9)23-8-13(19)24(22-23)28(25,26)12-6-4-3-5-11(12)27-15(16,17)18/h3-7,19,22H,8H2,1-2H3. The number of rotatable bonds is 4. The van der Waals surface area contributed by atoms with Crippen LogP contribution in [0.4, 0.5) is 19.1 Å². The molecule has 1 aliphatic heterocycles. The first-order valence-electron chi connectivity index (χ1n) is 7.81. The zero-order chi connectivity index (χ0) is 20.7. The monoisotopic (exact) mass is 416 g/mol. The second-order valence-corrected chi connectivity index (χ2v) is 7.60. The molecule has 9 nitrogen and oxygen atoms in total. The number of ether oxygens (including phenoxy) is 1. The fourth-order valence-corrected chi connectivity index (χ4v) is 3.90. The van der Waals surface area contributed by atoms with Crippen LogP contribution in [0.2, 0.25) is 0 Å². The van der Waals surface area contributed by atoms with Gasteiger partial charge in [-0.15, -0.1) is 18.7 Å². The summed E-state index contributed by atoms with van der Waals surface area (Å²) in [4.78, 5) is 7.59. The van der Waals surface area contributed by atoms with E-state index >= 15 is 0 Å². The Morgan fingerprint density at radius 2 is 1.79 bits per heavy atom. The van der Waals surface area contributed by atoms with E-state index < -0.39 is 32.9 Å². The van der Waals surface area contributed by atoms with Crippen molar-refractivity contribution >= 4 is 21.8 Å². The van der Waals surface area contributed by atoms with Crippen LogP contribution in [0, 0.1) is 19.3 Å². The van der Waals surface area contributed by atoms with Crippen molar-refractivity contribution in [3.05, 3.63) is 41.7 Å². The van der Waals surface area contributed by atoms with Crippen LogP contribution in [-0.2, 0) is 10.0 Å². The Bertz CT molecular complexity index is 1010. The molecule has 2 N–H and O–H groups in total. The Labute approximate surface area is 158 Å². The molecule has 1 saturated heterocycles. The van der Waals surface area contributed by atoms with Crippen molar-refractivity contribution in [2.24, 2.45) is 0 Å². The number of nitrogens with one attached hydrogen (secondary N) is 2. The van der Waals surface area contributed by atoms with E-state index in [0.717, 1.165) is 12.1 Å². The number of benzene rings is 1. The third-order valence-electron chi connectivity index (χ3n) is 3.57. The smallest absolute Gasteiger partial charge is 0.404 e. The van der Waals surface area contributed by atoms with Crippen LogP contribution >= 0.6 is 0 Å². The SMILES string of the molecule is Cc1cc(C)nc(N2CC(=N)N(S(=O)(=O)c3ccccc3OC(F)(F)F)N2)n1. The molecular formula is C15H15F3N6O3S. The first-order valence-corrected chi connectivity index (χ1v) is 9.25. The van der Waals surface area contributed by atoms with Crippen molar-refractivity contribution < 1.29 is 26.3 Å². The number of nitrogens with zero attached hydrogens (tertiary/aromatic N) is 4. The minimum absolute atomic E-state index is 0.125. The van der Waals surface area contributed by atoms with Crippen molar-refractivity contribution in [3.63, 3.8) is 0 Å². The lowest BCUT2D eigenvalue weighted by atomic mass is 10.3. The quantitative estimate of drug-likeness (QED) is 0.783. The van der Waals surface area contributed by atoms with Crippen molar-refractivity contribution in [2.75, 3.05) is 11.6 Å². The molecule has 0 saturated carbocycles. The molecule has 1 aliphatic rings. The molecule has 28 heavy (non-hydrogen) atoms. The maximum atomic E-state index is 12.9. The first kappa shape index (κ1) is 19.8. The Hall–Kier alpha value is -2.93. The molecule has 0 radical (unpaired) electrons. The van der Waals surface area contributed by atoms with Gasteiger partial charge in [-0.2, -0.15) is 12.8 Å². The van der Waals surface area contributed by atoms with Gasteiger partial charge in [0.2, 0.25) is 5.95 Å². The van der Waals surface area contributed by atoms with Gasteiger partial charge in [0.25, 0.3) is 10.0 Å². The van der Waals surface area contributed by atoms with Crippen molar-refractivity contribution in [1.29, 1.82) is 5.41 Å². The Morgan fingerprint density at radius 1 is 1.18 bits per heavy atom. The second kappa shape index (κ2) is 6.91. The van der Waals surface area contributed by atoms with Gasteiger partial charge in [-0.25, -0.2) is 15.0 Å². The lowest BCUT2D eigenvalue weighted by molar-refractivity contribution is -0.275. The molecule has 0 aliphatic carbocycles. The van der Waals surface area contributed by atoms with E-state index in [1.54, 1.807) is 19.9 Å². The number of halogens is 3. The highest BCUT2D eigenvalue weighted by atomic mass is 32.2. The molecule has 0 unspecified atom stereocenters. The summed E-state index contributed by atoms with van der Waals surface area (Å²) in [5.41, 5.74) is 3.68. The molecule has 1 aromatic carbocycles. The maximum absolute atomic E-state index is 12.9. The molecule has 0 spiro atoms. The summed E-state index contributed by atoms with van der Waals surface area (Å²) in [6.45, 7) is 3.22. The van der Waals surface area contributed by atoms with Gasteiger partial charge in [-0.3, -0.25) is 5.41 Å². The van der Waals surface area contributed by atoms with E-state index in [2.05, 4.69) is 20.2 Å². The van der Waals surface area contributed by atoms with Crippen molar-refractivity contribution in [2.45, 2.75) is 25.1 Å². The number of hydrazine groups is 2. The van der Waals surface area contributed by atoms with Crippen LogP contribution in [0.5, 0.6) is 5.75 Å². The highest BCUT2D eigenvalue weighted by Crippen LogP contribution is 2.31. The number of anilines is 1.